The molecule has 1 aromatic heterocycles. The molecule has 0 bridgehead atoms. The van der Waals surface area contributed by atoms with E-state index in [2.05, 4.69) is 0 Å². The van der Waals surface area contributed by atoms with Crippen molar-refractivity contribution in [2.24, 2.45) is 0 Å². The fourth-order valence-electron chi connectivity index (χ4n) is 3.79. The van der Waals surface area contributed by atoms with E-state index in [0.29, 0.717) is 38.7 Å². The Hall–Kier alpha value is -3.25. The van der Waals surface area contributed by atoms with Gasteiger partial charge in [-0.1, -0.05) is 12.1 Å². The van der Waals surface area contributed by atoms with Crippen molar-refractivity contribution in [3.63, 3.8) is 0 Å². The minimum absolute atomic E-state index is 0.0121. The Labute approximate surface area is 182 Å². The molecule has 1 saturated heterocycles. The third-order valence-corrected chi connectivity index (χ3v) is 5.46. The monoisotopic (exact) mass is 421 g/mol. The molecule has 1 fully saturated rings. The number of hydrogen-bond acceptors (Lipinski definition) is 5. The number of methoxy groups -OCH3 is 1. The van der Waals surface area contributed by atoms with Gasteiger partial charge in [0.25, 0.3) is 0 Å². The highest BCUT2D eigenvalue weighted by Crippen LogP contribution is 2.37. The van der Waals surface area contributed by atoms with Gasteiger partial charge in [0.05, 0.1) is 33.2 Å². The number of furan rings is 1. The molecule has 0 aliphatic carbocycles. The van der Waals surface area contributed by atoms with Gasteiger partial charge < -0.3 is 23.5 Å². The first-order valence-electron chi connectivity index (χ1n) is 10.5. The smallest absolute Gasteiger partial charge is 0.247 e. The molecule has 2 heterocycles. The SMILES string of the molecule is CCOc1ccc(-c2coc3cc(OC)c(/C(C)=C/C(=O)N4CCOCC4)cc23)cc1. The lowest BCUT2D eigenvalue weighted by Crippen LogP contribution is -2.39. The molecule has 0 spiro atoms. The first kappa shape index (κ1) is 21.0. The second-order valence-electron chi connectivity index (χ2n) is 7.42. The Bertz CT molecular complexity index is 1090. The van der Waals surface area contributed by atoms with E-state index in [4.69, 9.17) is 18.6 Å². The molecule has 0 unspecified atom stereocenters. The summed E-state index contributed by atoms with van der Waals surface area (Å²) in [6.07, 6.45) is 3.42. The van der Waals surface area contributed by atoms with Crippen molar-refractivity contribution in [3.8, 4) is 22.6 Å². The van der Waals surface area contributed by atoms with Crippen molar-refractivity contribution in [2.75, 3.05) is 40.0 Å². The van der Waals surface area contributed by atoms with Gasteiger partial charge in [0, 0.05) is 41.7 Å². The number of rotatable bonds is 6. The average molecular weight is 421 g/mol. The van der Waals surface area contributed by atoms with Crippen molar-refractivity contribution in [3.05, 3.63) is 54.3 Å². The summed E-state index contributed by atoms with van der Waals surface area (Å²) >= 11 is 0. The van der Waals surface area contributed by atoms with Crippen molar-refractivity contribution < 1.29 is 23.4 Å². The van der Waals surface area contributed by atoms with Crippen LogP contribution in [0.1, 0.15) is 19.4 Å². The van der Waals surface area contributed by atoms with Gasteiger partial charge in [0.2, 0.25) is 5.91 Å². The maximum absolute atomic E-state index is 12.7. The highest BCUT2D eigenvalue weighted by atomic mass is 16.5. The summed E-state index contributed by atoms with van der Waals surface area (Å²) in [6, 6.07) is 11.8. The number of allylic oxidation sites excluding steroid dienone is 1. The number of hydrogen-bond donors (Lipinski definition) is 0. The summed E-state index contributed by atoms with van der Waals surface area (Å²) in [5.41, 5.74) is 4.45. The van der Waals surface area contributed by atoms with E-state index in [-0.39, 0.29) is 5.91 Å². The second-order valence-corrected chi connectivity index (χ2v) is 7.42. The zero-order valence-electron chi connectivity index (χ0n) is 18.1. The lowest BCUT2D eigenvalue weighted by molar-refractivity contribution is -0.129. The zero-order chi connectivity index (χ0) is 21.8. The first-order valence-corrected chi connectivity index (χ1v) is 10.5. The van der Waals surface area contributed by atoms with Crippen LogP contribution >= 0.6 is 0 Å². The van der Waals surface area contributed by atoms with E-state index in [0.717, 1.165) is 39.0 Å². The highest BCUT2D eigenvalue weighted by Gasteiger charge is 2.18. The third kappa shape index (κ3) is 4.44. The fourth-order valence-corrected chi connectivity index (χ4v) is 3.79. The quantitative estimate of drug-likeness (QED) is 0.537. The van der Waals surface area contributed by atoms with Crippen LogP contribution in [-0.2, 0) is 9.53 Å². The number of morpholine rings is 1. The lowest BCUT2D eigenvalue weighted by atomic mass is 9.99. The van der Waals surface area contributed by atoms with Crippen LogP contribution in [0.5, 0.6) is 11.5 Å². The molecule has 0 saturated carbocycles. The van der Waals surface area contributed by atoms with Gasteiger partial charge in [-0.2, -0.15) is 0 Å². The van der Waals surface area contributed by atoms with Gasteiger partial charge in [0.1, 0.15) is 17.1 Å². The molecule has 4 rings (SSSR count). The van der Waals surface area contributed by atoms with Crippen LogP contribution in [0, 0.1) is 0 Å². The molecule has 6 nitrogen and oxygen atoms in total. The summed E-state index contributed by atoms with van der Waals surface area (Å²) in [5.74, 6) is 1.49. The van der Waals surface area contributed by atoms with E-state index >= 15 is 0 Å². The summed E-state index contributed by atoms with van der Waals surface area (Å²) in [4.78, 5) is 14.5. The van der Waals surface area contributed by atoms with Crippen LogP contribution in [0.3, 0.4) is 0 Å². The second kappa shape index (κ2) is 9.27. The molecule has 3 aromatic rings. The van der Waals surface area contributed by atoms with Gasteiger partial charge in [-0.05, 0) is 43.2 Å². The largest absolute Gasteiger partial charge is 0.496 e. The number of amides is 1. The van der Waals surface area contributed by atoms with Crippen molar-refractivity contribution >= 4 is 22.4 Å². The van der Waals surface area contributed by atoms with Crippen molar-refractivity contribution in [2.45, 2.75) is 13.8 Å². The molecule has 1 amide bonds. The van der Waals surface area contributed by atoms with E-state index in [1.54, 1.807) is 24.3 Å². The average Bonchev–Trinajstić information content (AvgIpc) is 3.22. The zero-order valence-corrected chi connectivity index (χ0v) is 18.1. The molecule has 2 aromatic carbocycles. The maximum atomic E-state index is 12.7. The first-order chi connectivity index (χ1) is 15.1. The van der Waals surface area contributed by atoms with Gasteiger partial charge in [-0.15, -0.1) is 0 Å². The summed E-state index contributed by atoms with van der Waals surface area (Å²) in [6.45, 7) is 6.91. The van der Waals surface area contributed by atoms with Crippen molar-refractivity contribution in [1.82, 2.24) is 4.90 Å². The Morgan fingerprint density at radius 1 is 1.16 bits per heavy atom. The van der Waals surface area contributed by atoms with E-state index in [9.17, 15) is 4.79 Å². The molecule has 0 radical (unpaired) electrons. The standard InChI is InChI=1S/C25H27NO5/c1-4-30-19-7-5-18(6-8-19)22-16-31-24-15-23(28-3)20(14-21(22)24)17(2)13-25(27)26-9-11-29-12-10-26/h5-8,13-16H,4,9-12H2,1-3H3/b17-13+. The normalized spacial score (nSPS) is 14.7. The van der Waals surface area contributed by atoms with E-state index in [1.807, 2.05) is 50.2 Å². The van der Waals surface area contributed by atoms with Gasteiger partial charge in [-0.25, -0.2) is 0 Å². The summed E-state index contributed by atoms with van der Waals surface area (Å²) < 4.78 is 22.3. The van der Waals surface area contributed by atoms with Crippen LogP contribution < -0.4 is 9.47 Å². The molecule has 0 atom stereocenters. The topological polar surface area (TPSA) is 61.1 Å². The molecular weight excluding hydrogens is 394 g/mol. The lowest BCUT2D eigenvalue weighted by Gasteiger charge is -2.26. The Morgan fingerprint density at radius 2 is 1.90 bits per heavy atom. The molecule has 0 N–H and O–H groups in total. The maximum Gasteiger partial charge on any atom is 0.247 e. The number of benzene rings is 2. The van der Waals surface area contributed by atoms with Crippen LogP contribution in [0.25, 0.3) is 27.7 Å². The van der Waals surface area contributed by atoms with Gasteiger partial charge in [0.15, 0.2) is 0 Å². The summed E-state index contributed by atoms with van der Waals surface area (Å²) in [5, 5.41) is 0.964. The molecule has 31 heavy (non-hydrogen) atoms. The molecule has 1 aliphatic rings. The van der Waals surface area contributed by atoms with Crippen molar-refractivity contribution in [1.29, 1.82) is 0 Å². The third-order valence-electron chi connectivity index (χ3n) is 5.46. The number of ether oxygens (including phenoxy) is 3. The van der Waals surface area contributed by atoms with Crippen LogP contribution in [0.15, 0.2) is 53.2 Å². The fraction of sp³-hybridized carbons (Fsp3) is 0.320. The molecule has 6 heteroatoms. The number of carbonyl (C=O) groups excluding carboxylic acids is 1. The Morgan fingerprint density at radius 3 is 2.58 bits per heavy atom. The van der Waals surface area contributed by atoms with E-state index < -0.39 is 0 Å². The number of fused-ring (bicyclic) bond motifs is 1. The molecule has 162 valence electrons. The van der Waals surface area contributed by atoms with Gasteiger partial charge >= 0.3 is 0 Å². The molecular formula is C25H27NO5. The number of carbonyl (C=O) groups is 1. The van der Waals surface area contributed by atoms with Crippen LogP contribution in [0.2, 0.25) is 0 Å². The highest BCUT2D eigenvalue weighted by molar-refractivity contribution is 6.00. The Kier molecular flexibility index (Phi) is 6.28. The molecule has 1 aliphatic heterocycles. The van der Waals surface area contributed by atoms with Crippen LogP contribution in [-0.4, -0.2) is 50.8 Å². The minimum atomic E-state index is -0.0121. The number of nitrogens with zero attached hydrogens (tertiary/aromatic N) is 1. The summed E-state index contributed by atoms with van der Waals surface area (Å²) in [7, 11) is 1.62. The predicted octanol–water partition coefficient (Wildman–Crippen LogP) is 4.77. The van der Waals surface area contributed by atoms with E-state index in [1.165, 1.54) is 0 Å². The Balaban J connectivity index is 1.70. The predicted molar refractivity (Wildman–Crippen MR) is 120 cm³/mol. The van der Waals surface area contributed by atoms with Crippen LogP contribution in [0.4, 0.5) is 0 Å². The minimum Gasteiger partial charge on any atom is -0.496 e. The van der Waals surface area contributed by atoms with Gasteiger partial charge in [-0.3, -0.25) is 4.79 Å².